The van der Waals surface area contributed by atoms with E-state index in [1.54, 1.807) is 7.11 Å². The van der Waals surface area contributed by atoms with E-state index in [2.05, 4.69) is 9.97 Å². The van der Waals surface area contributed by atoms with Crippen molar-refractivity contribution in [3.8, 4) is 5.75 Å². The van der Waals surface area contributed by atoms with Gasteiger partial charge in [0, 0.05) is 5.39 Å². The van der Waals surface area contributed by atoms with Gasteiger partial charge in [-0.2, -0.15) is 0 Å². The van der Waals surface area contributed by atoms with Crippen LogP contribution < -0.4 is 10.5 Å². The van der Waals surface area contributed by atoms with Crippen LogP contribution in [0.5, 0.6) is 5.75 Å². The fourth-order valence-corrected chi connectivity index (χ4v) is 1.70. The number of fused-ring (bicyclic) bond motifs is 1. The number of hydrogen-bond acceptors (Lipinski definition) is 4. The Morgan fingerprint density at radius 2 is 2.07 bits per heavy atom. The number of benzene rings is 1. The molecule has 0 unspecified atom stereocenters. The maximum Gasteiger partial charge on any atom is 0.225 e. The highest BCUT2D eigenvalue weighted by atomic mass is 35.5. The molecule has 2 N–H and O–H groups in total. The van der Waals surface area contributed by atoms with Crippen molar-refractivity contribution in [3.63, 3.8) is 0 Å². The van der Waals surface area contributed by atoms with Crippen molar-refractivity contribution in [2.45, 2.75) is 6.92 Å². The van der Waals surface area contributed by atoms with Gasteiger partial charge < -0.3 is 10.5 Å². The van der Waals surface area contributed by atoms with Gasteiger partial charge in [-0.05, 0) is 30.2 Å². The molecule has 78 valence electrons. The van der Waals surface area contributed by atoms with E-state index in [-0.39, 0.29) is 5.28 Å². The zero-order valence-electron chi connectivity index (χ0n) is 8.41. The lowest BCUT2D eigenvalue weighted by atomic mass is 10.1. The quantitative estimate of drug-likeness (QED) is 0.753. The zero-order valence-corrected chi connectivity index (χ0v) is 9.17. The van der Waals surface area contributed by atoms with Gasteiger partial charge in [0.25, 0.3) is 0 Å². The van der Waals surface area contributed by atoms with Crippen LogP contribution in [0.15, 0.2) is 12.1 Å². The van der Waals surface area contributed by atoms with Gasteiger partial charge in [-0.25, -0.2) is 9.97 Å². The Morgan fingerprint density at radius 1 is 1.33 bits per heavy atom. The molecule has 0 fully saturated rings. The molecule has 0 aliphatic heterocycles. The Bertz CT molecular complexity index is 528. The number of aromatic nitrogens is 2. The molecule has 0 radical (unpaired) electrons. The molecular weight excluding hydrogens is 214 g/mol. The maximum atomic E-state index is 5.75. The van der Waals surface area contributed by atoms with E-state index in [9.17, 15) is 0 Å². The molecule has 0 saturated heterocycles. The normalized spacial score (nSPS) is 10.6. The summed E-state index contributed by atoms with van der Waals surface area (Å²) < 4.78 is 5.26. The Morgan fingerprint density at radius 3 is 2.73 bits per heavy atom. The van der Waals surface area contributed by atoms with Crippen molar-refractivity contribution >= 4 is 28.3 Å². The number of halogens is 1. The summed E-state index contributed by atoms with van der Waals surface area (Å²) in [7, 11) is 1.59. The second-order valence-corrected chi connectivity index (χ2v) is 3.53. The minimum Gasteiger partial charge on any atom is -0.494 e. The van der Waals surface area contributed by atoms with Gasteiger partial charge in [0.15, 0.2) is 0 Å². The molecule has 2 aromatic rings. The van der Waals surface area contributed by atoms with Crippen molar-refractivity contribution in [3.05, 3.63) is 23.0 Å². The first kappa shape index (κ1) is 9.98. The maximum absolute atomic E-state index is 5.75. The van der Waals surface area contributed by atoms with Crippen molar-refractivity contribution in [1.82, 2.24) is 9.97 Å². The molecule has 0 aliphatic rings. The zero-order chi connectivity index (χ0) is 11.0. The predicted molar refractivity (Wildman–Crippen MR) is 60.2 cm³/mol. The highest BCUT2D eigenvalue weighted by Crippen LogP contribution is 2.30. The number of ether oxygens (including phenoxy) is 1. The molecular formula is C10H10ClN3O. The van der Waals surface area contributed by atoms with E-state index in [0.717, 1.165) is 10.9 Å². The molecule has 0 saturated carbocycles. The number of nitrogen functional groups attached to an aromatic ring is 1. The number of methoxy groups -OCH3 is 1. The third kappa shape index (κ3) is 1.57. The van der Waals surface area contributed by atoms with E-state index in [4.69, 9.17) is 22.1 Å². The lowest BCUT2D eigenvalue weighted by molar-refractivity contribution is 0.416. The largest absolute Gasteiger partial charge is 0.494 e. The van der Waals surface area contributed by atoms with Gasteiger partial charge in [0.1, 0.15) is 17.1 Å². The first-order chi connectivity index (χ1) is 7.13. The van der Waals surface area contributed by atoms with E-state index in [0.29, 0.717) is 17.1 Å². The second-order valence-electron chi connectivity index (χ2n) is 3.19. The van der Waals surface area contributed by atoms with Crippen LogP contribution in [-0.2, 0) is 0 Å². The molecule has 1 aromatic heterocycles. The van der Waals surface area contributed by atoms with Crippen LogP contribution in [0.4, 0.5) is 5.82 Å². The van der Waals surface area contributed by atoms with Crippen LogP contribution in [-0.4, -0.2) is 17.1 Å². The van der Waals surface area contributed by atoms with Crippen molar-refractivity contribution in [1.29, 1.82) is 0 Å². The summed E-state index contributed by atoms with van der Waals surface area (Å²) in [5, 5.41) is 0.880. The van der Waals surface area contributed by atoms with Crippen LogP contribution in [0.2, 0.25) is 5.28 Å². The highest BCUT2D eigenvalue weighted by molar-refractivity contribution is 6.28. The van der Waals surface area contributed by atoms with Gasteiger partial charge >= 0.3 is 0 Å². The number of rotatable bonds is 1. The molecule has 4 nitrogen and oxygen atoms in total. The Hall–Kier alpha value is -1.55. The van der Waals surface area contributed by atoms with Gasteiger partial charge in [0.05, 0.1) is 7.11 Å². The average Bonchev–Trinajstić information content (AvgIpc) is 2.17. The summed E-state index contributed by atoms with van der Waals surface area (Å²) in [5.74, 6) is 1.05. The Balaban J connectivity index is 2.91. The minimum atomic E-state index is 0.129. The van der Waals surface area contributed by atoms with Crippen LogP contribution >= 0.6 is 11.6 Å². The first-order valence-electron chi connectivity index (χ1n) is 4.40. The third-order valence-corrected chi connectivity index (χ3v) is 2.39. The van der Waals surface area contributed by atoms with Crippen molar-refractivity contribution in [2.24, 2.45) is 0 Å². The molecule has 0 aliphatic carbocycles. The van der Waals surface area contributed by atoms with E-state index < -0.39 is 0 Å². The summed E-state index contributed by atoms with van der Waals surface area (Å²) in [6, 6.07) is 3.77. The van der Waals surface area contributed by atoms with E-state index in [1.165, 1.54) is 0 Å². The molecule has 5 heteroatoms. The summed E-state index contributed by atoms with van der Waals surface area (Å²) >= 11 is 5.75. The van der Waals surface area contributed by atoms with E-state index in [1.807, 2.05) is 19.1 Å². The third-order valence-electron chi connectivity index (χ3n) is 2.23. The molecule has 2 rings (SSSR count). The van der Waals surface area contributed by atoms with Crippen LogP contribution in [0, 0.1) is 6.92 Å². The van der Waals surface area contributed by atoms with Gasteiger partial charge in [0.2, 0.25) is 5.28 Å². The number of nitrogens with two attached hydrogens (primary N) is 1. The molecule has 15 heavy (non-hydrogen) atoms. The standard InChI is InChI=1S/C10H10ClN3O/c1-5-3-4-6-7(8(5)15-2)13-10(11)14-9(6)12/h3-4H,1-2H3,(H2,12,13,14). The Labute approximate surface area is 92.0 Å². The van der Waals surface area contributed by atoms with Crippen LogP contribution in [0.3, 0.4) is 0 Å². The summed E-state index contributed by atoms with van der Waals surface area (Å²) in [4.78, 5) is 8.00. The minimum absolute atomic E-state index is 0.129. The number of aryl methyl sites for hydroxylation is 1. The number of nitrogens with zero attached hydrogens (tertiary/aromatic N) is 2. The monoisotopic (exact) mass is 223 g/mol. The molecule has 0 amide bonds. The fraction of sp³-hybridized carbons (Fsp3) is 0.200. The first-order valence-corrected chi connectivity index (χ1v) is 4.77. The average molecular weight is 224 g/mol. The van der Waals surface area contributed by atoms with Crippen LogP contribution in [0.25, 0.3) is 10.9 Å². The molecule has 0 spiro atoms. The van der Waals surface area contributed by atoms with Crippen molar-refractivity contribution in [2.75, 3.05) is 12.8 Å². The lowest BCUT2D eigenvalue weighted by Gasteiger charge is -2.09. The van der Waals surface area contributed by atoms with Gasteiger partial charge in [-0.1, -0.05) is 6.07 Å². The van der Waals surface area contributed by atoms with Crippen molar-refractivity contribution < 1.29 is 4.74 Å². The van der Waals surface area contributed by atoms with Gasteiger partial charge in [-0.3, -0.25) is 0 Å². The smallest absolute Gasteiger partial charge is 0.225 e. The van der Waals surface area contributed by atoms with E-state index >= 15 is 0 Å². The number of hydrogen-bond donors (Lipinski definition) is 1. The highest BCUT2D eigenvalue weighted by Gasteiger charge is 2.10. The predicted octanol–water partition coefficient (Wildman–Crippen LogP) is 2.18. The summed E-state index contributed by atoms with van der Waals surface area (Å²) in [6.07, 6.45) is 0. The van der Waals surface area contributed by atoms with Gasteiger partial charge in [-0.15, -0.1) is 0 Å². The second kappa shape index (κ2) is 3.55. The lowest BCUT2D eigenvalue weighted by Crippen LogP contribution is -1.98. The summed E-state index contributed by atoms with van der Waals surface area (Å²) in [6.45, 7) is 1.93. The molecule has 1 aromatic carbocycles. The summed E-state index contributed by atoms with van der Waals surface area (Å²) in [5.41, 5.74) is 7.37. The molecule has 0 bridgehead atoms. The SMILES string of the molecule is COc1c(C)ccc2c(N)nc(Cl)nc12. The van der Waals surface area contributed by atoms with Crippen LogP contribution in [0.1, 0.15) is 5.56 Å². The number of anilines is 1. The molecule has 1 heterocycles. The Kier molecular flexibility index (Phi) is 2.36. The topological polar surface area (TPSA) is 61.0 Å². The fourth-order valence-electron chi connectivity index (χ4n) is 1.52. The molecule has 0 atom stereocenters.